The standard InChI is InChI=1S/C13H18O5.C2H5NO4/c1-2-3-6-13-10(15)8-17-11(13)12(16,9-18-13)5-4-7-14;4-1-2-7-3(5)6/h7,10-11,15-16H,4-6,8-9H2,1H3;4H,1-2H2/t10-,11+,12-,13+;/m0./s1. The van der Waals surface area contributed by atoms with E-state index in [1.165, 1.54) is 0 Å². The van der Waals surface area contributed by atoms with Crippen molar-refractivity contribution in [2.75, 3.05) is 26.4 Å². The molecule has 0 radical (unpaired) electrons. The molecule has 0 bridgehead atoms. The van der Waals surface area contributed by atoms with Crippen LogP contribution in [-0.4, -0.2) is 76.5 Å². The summed E-state index contributed by atoms with van der Waals surface area (Å²) >= 11 is 0. The number of aliphatic hydroxyl groups is 3. The molecule has 0 aromatic rings. The molecule has 0 saturated carbocycles. The van der Waals surface area contributed by atoms with Gasteiger partial charge in [0.05, 0.1) is 19.8 Å². The van der Waals surface area contributed by atoms with Crippen LogP contribution in [0.3, 0.4) is 0 Å². The average Bonchev–Trinajstić information content (AvgIpc) is 3.07. The van der Waals surface area contributed by atoms with E-state index < -0.39 is 28.5 Å². The molecule has 3 N–H and O–H groups in total. The average molecular weight is 361 g/mol. The van der Waals surface area contributed by atoms with E-state index in [0.717, 1.165) is 6.29 Å². The number of fused-ring (bicyclic) bond motifs is 1. The monoisotopic (exact) mass is 361 g/mol. The molecule has 0 unspecified atom stereocenters. The van der Waals surface area contributed by atoms with Crippen molar-refractivity contribution in [1.29, 1.82) is 0 Å². The van der Waals surface area contributed by atoms with Crippen molar-refractivity contribution in [3.63, 3.8) is 0 Å². The highest BCUT2D eigenvalue weighted by Gasteiger charge is 2.65. The molecule has 2 aliphatic rings. The van der Waals surface area contributed by atoms with Gasteiger partial charge in [0, 0.05) is 12.8 Å². The molecule has 0 amide bonds. The molecule has 2 saturated heterocycles. The first kappa shape index (κ1) is 21.3. The Morgan fingerprint density at radius 2 is 2.24 bits per heavy atom. The third-order valence-electron chi connectivity index (χ3n) is 4.03. The summed E-state index contributed by atoms with van der Waals surface area (Å²) in [5, 5.41) is 36.7. The second-order valence-electron chi connectivity index (χ2n) is 5.67. The lowest BCUT2D eigenvalue weighted by Crippen LogP contribution is -2.51. The topological polar surface area (TPSA) is 149 Å². The van der Waals surface area contributed by atoms with E-state index in [2.05, 4.69) is 16.7 Å². The number of carbonyl (C=O) groups is 1. The maximum Gasteiger partial charge on any atom is 0.294 e. The van der Waals surface area contributed by atoms with Gasteiger partial charge in [0.2, 0.25) is 0 Å². The van der Waals surface area contributed by atoms with Crippen molar-refractivity contribution in [3.8, 4) is 11.8 Å². The lowest BCUT2D eigenvalue weighted by molar-refractivity contribution is -0.758. The van der Waals surface area contributed by atoms with Crippen molar-refractivity contribution in [2.45, 2.75) is 49.6 Å². The largest absolute Gasteiger partial charge is 0.394 e. The predicted molar refractivity (Wildman–Crippen MR) is 82.8 cm³/mol. The Kier molecular flexibility index (Phi) is 8.21. The zero-order valence-corrected chi connectivity index (χ0v) is 13.9. The van der Waals surface area contributed by atoms with Gasteiger partial charge in [0.15, 0.2) is 0 Å². The summed E-state index contributed by atoms with van der Waals surface area (Å²) in [7, 11) is 0. The SMILES string of the molecule is CC#CC[C@]12OC[C@@](O)(CCC=O)[C@H]1OC[C@@H]2O.O=[N+]([O-])OCCO. The van der Waals surface area contributed by atoms with Gasteiger partial charge in [-0.2, -0.15) is 0 Å². The molecule has 10 nitrogen and oxygen atoms in total. The van der Waals surface area contributed by atoms with Crippen LogP contribution >= 0.6 is 0 Å². The minimum atomic E-state index is -1.21. The quantitative estimate of drug-likeness (QED) is 0.220. The van der Waals surface area contributed by atoms with Crippen LogP contribution in [-0.2, 0) is 19.1 Å². The van der Waals surface area contributed by atoms with Crippen LogP contribution in [0.5, 0.6) is 0 Å². The molecule has 0 aromatic carbocycles. The molecule has 10 heteroatoms. The number of aldehydes is 1. The number of rotatable bonds is 7. The number of aliphatic hydroxyl groups excluding tert-OH is 2. The highest BCUT2D eigenvalue weighted by atomic mass is 17.0. The van der Waals surface area contributed by atoms with Gasteiger partial charge in [-0.25, -0.2) is 0 Å². The highest BCUT2D eigenvalue weighted by molar-refractivity contribution is 5.49. The van der Waals surface area contributed by atoms with Crippen molar-refractivity contribution in [2.24, 2.45) is 0 Å². The van der Waals surface area contributed by atoms with Gasteiger partial charge in [0.1, 0.15) is 36.3 Å². The molecule has 2 aliphatic heterocycles. The third-order valence-corrected chi connectivity index (χ3v) is 4.03. The van der Waals surface area contributed by atoms with Gasteiger partial charge >= 0.3 is 0 Å². The van der Waals surface area contributed by atoms with Crippen LogP contribution < -0.4 is 0 Å². The Hall–Kier alpha value is -1.77. The number of hydrogen-bond donors (Lipinski definition) is 3. The summed E-state index contributed by atoms with van der Waals surface area (Å²) in [6, 6.07) is 0. The first-order valence-electron chi connectivity index (χ1n) is 7.73. The Bertz CT molecular complexity index is 517. The van der Waals surface area contributed by atoms with E-state index in [1.54, 1.807) is 6.92 Å². The maximum absolute atomic E-state index is 10.5. The van der Waals surface area contributed by atoms with Gasteiger partial charge in [-0.3, -0.25) is 0 Å². The third kappa shape index (κ3) is 5.10. The molecule has 4 atom stereocenters. The molecule has 0 aliphatic carbocycles. The molecular weight excluding hydrogens is 338 g/mol. The summed E-state index contributed by atoms with van der Waals surface area (Å²) in [5.74, 6) is 5.64. The zero-order valence-electron chi connectivity index (χ0n) is 13.9. The Labute approximate surface area is 144 Å². The van der Waals surface area contributed by atoms with E-state index in [4.69, 9.17) is 14.6 Å². The Morgan fingerprint density at radius 3 is 2.76 bits per heavy atom. The molecule has 2 heterocycles. The minimum Gasteiger partial charge on any atom is -0.394 e. The number of ether oxygens (including phenoxy) is 2. The Balaban J connectivity index is 0.000000381. The van der Waals surface area contributed by atoms with E-state index in [9.17, 15) is 25.1 Å². The maximum atomic E-state index is 10.5. The fourth-order valence-corrected chi connectivity index (χ4v) is 2.88. The van der Waals surface area contributed by atoms with Gasteiger partial charge in [-0.05, 0) is 13.3 Å². The number of nitrogens with zero attached hydrogens (tertiary/aromatic N) is 1. The van der Waals surface area contributed by atoms with E-state index >= 15 is 0 Å². The van der Waals surface area contributed by atoms with E-state index in [1.807, 2.05) is 0 Å². The molecule has 2 rings (SSSR count). The summed E-state index contributed by atoms with van der Waals surface area (Å²) < 4.78 is 11.1. The van der Waals surface area contributed by atoms with Gasteiger partial charge in [-0.15, -0.1) is 22.0 Å². The van der Waals surface area contributed by atoms with Crippen LogP contribution in [0.1, 0.15) is 26.2 Å². The van der Waals surface area contributed by atoms with Crippen molar-refractivity contribution in [3.05, 3.63) is 10.1 Å². The van der Waals surface area contributed by atoms with Crippen LogP contribution in [0.4, 0.5) is 0 Å². The normalized spacial score (nSPS) is 32.6. The lowest BCUT2D eigenvalue weighted by atomic mass is 9.81. The summed E-state index contributed by atoms with van der Waals surface area (Å²) in [5.41, 5.74) is -2.17. The Morgan fingerprint density at radius 1 is 1.52 bits per heavy atom. The summed E-state index contributed by atoms with van der Waals surface area (Å²) in [6.07, 6.45) is 0.170. The molecule has 25 heavy (non-hydrogen) atoms. The van der Waals surface area contributed by atoms with Crippen LogP contribution in [0, 0.1) is 22.0 Å². The highest BCUT2D eigenvalue weighted by Crippen LogP contribution is 2.46. The van der Waals surface area contributed by atoms with E-state index in [0.29, 0.717) is 6.42 Å². The number of carbonyl (C=O) groups excluding carboxylic acids is 1. The second-order valence-corrected chi connectivity index (χ2v) is 5.67. The minimum absolute atomic E-state index is 0.0635. The van der Waals surface area contributed by atoms with Crippen molar-refractivity contribution in [1.82, 2.24) is 0 Å². The predicted octanol–water partition coefficient (Wildman–Crippen LogP) is -1.17. The van der Waals surface area contributed by atoms with Crippen LogP contribution in [0.25, 0.3) is 0 Å². The van der Waals surface area contributed by atoms with E-state index in [-0.39, 0.29) is 39.3 Å². The first-order chi connectivity index (χ1) is 11.9. The molecular formula is C15H23NO9. The van der Waals surface area contributed by atoms with Gasteiger partial charge in [-0.1, -0.05) is 0 Å². The van der Waals surface area contributed by atoms with Crippen molar-refractivity contribution < 1.29 is 39.5 Å². The smallest absolute Gasteiger partial charge is 0.294 e. The lowest BCUT2D eigenvalue weighted by Gasteiger charge is -2.31. The molecule has 142 valence electrons. The second kappa shape index (κ2) is 9.65. The van der Waals surface area contributed by atoms with Crippen LogP contribution in [0.15, 0.2) is 0 Å². The molecule has 2 fully saturated rings. The van der Waals surface area contributed by atoms with Crippen molar-refractivity contribution >= 4 is 6.29 Å². The molecule has 0 aromatic heterocycles. The fourth-order valence-electron chi connectivity index (χ4n) is 2.88. The number of hydrogen-bond acceptors (Lipinski definition) is 9. The van der Waals surface area contributed by atoms with Gasteiger partial charge in [0.25, 0.3) is 5.09 Å². The zero-order chi connectivity index (χ0) is 18.9. The fraction of sp³-hybridized carbons (Fsp3) is 0.800. The summed E-state index contributed by atoms with van der Waals surface area (Å²) in [4.78, 5) is 23.3. The summed E-state index contributed by atoms with van der Waals surface area (Å²) in [6.45, 7) is 1.34. The first-order valence-corrected chi connectivity index (χ1v) is 7.73. The van der Waals surface area contributed by atoms with Gasteiger partial charge < -0.3 is 34.4 Å². The molecule has 0 spiro atoms. The van der Waals surface area contributed by atoms with Crippen LogP contribution in [0.2, 0.25) is 0 Å².